The summed E-state index contributed by atoms with van der Waals surface area (Å²) in [5.41, 5.74) is 0. The molecule has 0 amide bonds. The number of hydrogen-bond acceptors (Lipinski definition) is 2. The molecule has 0 saturated heterocycles. The molecule has 0 atom stereocenters. The highest BCUT2D eigenvalue weighted by Crippen LogP contribution is 2.04. The summed E-state index contributed by atoms with van der Waals surface area (Å²) < 4.78 is 44.7. The van der Waals surface area contributed by atoms with Crippen molar-refractivity contribution in [2.45, 2.75) is 20.3 Å². The first-order valence-corrected chi connectivity index (χ1v) is 5.14. The zero-order valence-electron chi connectivity index (χ0n) is 6.55. The van der Waals surface area contributed by atoms with Crippen LogP contribution in [0.2, 0.25) is 0 Å². The maximum absolute atomic E-state index is 11.6. The van der Waals surface area contributed by atoms with E-state index in [2.05, 4.69) is 0 Å². The molecule has 0 aliphatic heterocycles. The van der Waals surface area contributed by atoms with Crippen molar-refractivity contribution in [3.8, 4) is 0 Å². The second-order valence-corrected chi connectivity index (χ2v) is 5.02. The Balaban J connectivity index is 4.03. The fraction of sp³-hybridized carbons (Fsp3) is 1.00. The molecule has 2 nitrogen and oxygen atoms in total. The van der Waals surface area contributed by atoms with E-state index in [0.717, 1.165) is 0 Å². The van der Waals surface area contributed by atoms with Crippen molar-refractivity contribution in [2.24, 2.45) is 5.92 Å². The average Bonchev–Trinajstić information content (AvgIpc) is 1.53. The van der Waals surface area contributed by atoms with Gasteiger partial charge in [0.1, 0.15) is 5.75 Å². The predicted molar refractivity (Wildman–Crippen MR) is 39.5 cm³/mol. The van der Waals surface area contributed by atoms with Gasteiger partial charge >= 0.3 is 0 Å². The lowest BCUT2D eigenvalue weighted by Crippen LogP contribution is -2.19. The van der Waals surface area contributed by atoms with Gasteiger partial charge in [-0.15, -0.1) is 0 Å². The summed E-state index contributed by atoms with van der Waals surface area (Å²) in [6.07, 6.45) is -2.75. The Kier molecular flexibility index (Phi) is 3.92. The van der Waals surface area contributed by atoms with Gasteiger partial charge in [-0.05, 0) is 5.92 Å². The first kappa shape index (κ1) is 10.8. The lowest BCUT2D eigenvalue weighted by molar-refractivity contribution is 0.174. The van der Waals surface area contributed by atoms with Crippen LogP contribution in [0.25, 0.3) is 0 Å². The molecule has 0 spiro atoms. The van der Waals surface area contributed by atoms with Gasteiger partial charge in [0.05, 0.1) is 5.75 Å². The van der Waals surface area contributed by atoms with Crippen molar-refractivity contribution in [3.05, 3.63) is 0 Å². The molecule has 68 valence electrons. The topological polar surface area (TPSA) is 34.1 Å². The molecule has 5 heteroatoms. The average molecular weight is 186 g/mol. The highest BCUT2D eigenvalue weighted by atomic mass is 32.2. The molecule has 0 fully saturated rings. The van der Waals surface area contributed by atoms with Gasteiger partial charge in [0, 0.05) is 0 Å². The molecule has 0 aromatic carbocycles. The van der Waals surface area contributed by atoms with E-state index in [4.69, 9.17) is 0 Å². The summed E-state index contributed by atoms with van der Waals surface area (Å²) in [5, 5.41) is 0. The van der Waals surface area contributed by atoms with Crippen LogP contribution in [0.15, 0.2) is 0 Å². The van der Waals surface area contributed by atoms with Crippen molar-refractivity contribution in [1.82, 2.24) is 0 Å². The summed E-state index contributed by atoms with van der Waals surface area (Å²) in [6, 6.07) is 0. The third-order valence-corrected chi connectivity index (χ3v) is 2.90. The first-order valence-electron chi connectivity index (χ1n) is 3.32. The number of halogens is 2. The van der Waals surface area contributed by atoms with Gasteiger partial charge in [-0.1, -0.05) is 13.8 Å². The molecule has 0 aliphatic carbocycles. The van der Waals surface area contributed by atoms with E-state index >= 15 is 0 Å². The van der Waals surface area contributed by atoms with Gasteiger partial charge in [0.2, 0.25) is 0 Å². The number of hydrogen-bond donors (Lipinski definition) is 0. The summed E-state index contributed by atoms with van der Waals surface area (Å²) in [7, 11) is -3.53. The van der Waals surface area contributed by atoms with E-state index in [-0.39, 0.29) is 11.7 Å². The highest BCUT2D eigenvalue weighted by Gasteiger charge is 2.18. The summed E-state index contributed by atoms with van der Waals surface area (Å²) in [6.45, 7) is 3.37. The quantitative estimate of drug-likeness (QED) is 0.663. The first-order chi connectivity index (χ1) is 4.83. The third-order valence-electron chi connectivity index (χ3n) is 0.967. The fourth-order valence-electron chi connectivity index (χ4n) is 0.768. The maximum atomic E-state index is 11.6. The molecule has 0 heterocycles. The van der Waals surface area contributed by atoms with Crippen molar-refractivity contribution in [2.75, 3.05) is 11.5 Å². The normalized spacial score (nSPS) is 12.9. The summed E-state index contributed by atoms with van der Waals surface area (Å²) >= 11 is 0. The van der Waals surface area contributed by atoms with Gasteiger partial charge in [-0.2, -0.15) is 0 Å². The van der Waals surface area contributed by atoms with Crippen LogP contribution in [0.5, 0.6) is 0 Å². The van der Waals surface area contributed by atoms with Crippen molar-refractivity contribution in [1.29, 1.82) is 0 Å². The van der Waals surface area contributed by atoms with E-state index < -0.39 is 22.0 Å². The lowest BCUT2D eigenvalue weighted by Gasteiger charge is -2.05. The van der Waals surface area contributed by atoms with Crippen LogP contribution in [-0.4, -0.2) is 26.3 Å². The van der Waals surface area contributed by atoms with E-state index in [1.54, 1.807) is 13.8 Å². The monoisotopic (exact) mass is 186 g/mol. The van der Waals surface area contributed by atoms with E-state index in [1.807, 2.05) is 0 Å². The summed E-state index contributed by atoms with van der Waals surface area (Å²) in [4.78, 5) is 0. The Hall–Kier alpha value is -0.190. The second kappa shape index (κ2) is 3.99. The Morgan fingerprint density at radius 2 is 1.64 bits per heavy atom. The molecule has 0 aromatic rings. The zero-order valence-corrected chi connectivity index (χ0v) is 7.37. The minimum absolute atomic E-state index is 0.0845. The summed E-state index contributed by atoms with van der Waals surface area (Å²) in [5.74, 6) is -1.25. The standard InChI is InChI=1S/C6H12F2O2S/c1-5(2)3-11(9,10)4-6(7)8/h5-6H,3-4H2,1-2H3. The van der Waals surface area contributed by atoms with Crippen LogP contribution in [0.1, 0.15) is 13.8 Å². The van der Waals surface area contributed by atoms with Crippen molar-refractivity contribution >= 4 is 9.84 Å². The molecule has 0 saturated carbocycles. The zero-order chi connectivity index (χ0) is 9.07. The van der Waals surface area contributed by atoms with Crippen LogP contribution in [0, 0.1) is 5.92 Å². The van der Waals surface area contributed by atoms with Crippen molar-refractivity contribution in [3.63, 3.8) is 0 Å². The molecule has 0 rings (SSSR count). The molecule has 0 N–H and O–H groups in total. The molecule has 0 radical (unpaired) electrons. The molecular weight excluding hydrogens is 174 g/mol. The Bertz CT molecular complexity index is 181. The Morgan fingerprint density at radius 3 is 1.91 bits per heavy atom. The van der Waals surface area contributed by atoms with Crippen LogP contribution in [0.4, 0.5) is 8.78 Å². The van der Waals surface area contributed by atoms with Crippen LogP contribution < -0.4 is 0 Å². The predicted octanol–water partition coefficient (Wildman–Crippen LogP) is 1.32. The molecule has 0 bridgehead atoms. The number of alkyl halides is 2. The van der Waals surface area contributed by atoms with Crippen LogP contribution >= 0.6 is 0 Å². The minimum Gasteiger partial charge on any atom is -0.229 e. The Morgan fingerprint density at radius 1 is 1.18 bits per heavy atom. The largest absolute Gasteiger partial charge is 0.252 e. The molecule has 0 aliphatic rings. The van der Waals surface area contributed by atoms with Gasteiger partial charge in [-0.3, -0.25) is 0 Å². The lowest BCUT2D eigenvalue weighted by atomic mass is 10.3. The second-order valence-electron chi connectivity index (χ2n) is 2.86. The van der Waals surface area contributed by atoms with Gasteiger partial charge in [0.25, 0.3) is 6.43 Å². The van der Waals surface area contributed by atoms with E-state index in [0.29, 0.717) is 0 Å². The fourth-order valence-corrected chi connectivity index (χ4v) is 2.30. The maximum Gasteiger partial charge on any atom is 0.252 e. The SMILES string of the molecule is CC(C)CS(=O)(=O)CC(F)F. The van der Waals surface area contributed by atoms with Gasteiger partial charge in [0.15, 0.2) is 9.84 Å². The smallest absolute Gasteiger partial charge is 0.229 e. The van der Waals surface area contributed by atoms with Crippen molar-refractivity contribution < 1.29 is 17.2 Å². The minimum atomic E-state index is -3.53. The molecule has 11 heavy (non-hydrogen) atoms. The highest BCUT2D eigenvalue weighted by molar-refractivity contribution is 7.91. The molecule has 0 unspecified atom stereocenters. The van der Waals surface area contributed by atoms with E-state index in [1.165, 1.54) is 0 Å². The van der Waals surface area contributed by atoms with Crippen LogP contribution in [0.3, 0.4) is 0 Å². The van der Waals surface area contributed by atoms with E-state index in [9.17, 15) is 17.2 Å². The van der Waals surface area contributed by atoms with Crippen LogP contribution in [-0.2, 0) is 9.84 Å². The third kappa shape index (κ3) is 6.22. The Labute approximate surface area is 65.5 Å². The molecular formula is C6H12F2O2S. The molecule has 0 aromatic heterocycles. The van der Waals surface area contributed by atoms with Gasteiger partial charge < -0.3 is 0 Å². The number of sulfone groups is 1. The van der Waals surface area contributed by atoms with Gasteiger partial charge in [-0.25, -0.2) is 17.2 Å². The number of rotatable bonds is 4.